The van der Waals surface area contributed by atoms with Gasteiger partial charge in [-0.25, -0.2) is 4.98 Å². The molecule has 9 heteroatoms. The molecule has 2 heterocycles. The normalized spacial score (nSPS) is 14.0. The summed E-state index contributed by atoms with van der Waals surface area (Å²) in [6.45, 7) is 4.20. The number of anilines is 1. The average Bonchev–Trinajstić information content (AvgIpc) is 3.23. The molecule has 0 bridgehead atoms. The molecule has 0 N–H and O–H groups in total. The Morgan fingerprint density at radius 3 is 2.48 bits per heavy atom. The number of benzene rings is 2. The number of nitrogens with zero attached hydrogens (tertiary/aromatic N) is 4. The molecule has 2 aromatic carbocycles. The summed E-state index contributed by atoms with van der Waals surface area (Å²) in [7, 11) is 0. The van der Waals surface area contributed by atoms with Crippen LogP contribution < -0.4 is 4.90 Å². The van der Waals surface area contributed by atoms with E-state index in [1.165, 1.54) is 6.07 Å². The fourth-order valence-corrected chi connectivity index (χ4v) is 5.05. The molecule has 1 aliphatic heterocycles. The predicted molar refractivity (Wildman–Crippen MR) is 124 cm³/mol. The molecular weight excluding hydrogens is 432 g/mol. The lowest BCUT2D eigenvalue weighted by Gasteiger charge is -2.35. The van der Waals surface area contributed by atoms with E-state index in [0.717, 1.165) is 21.3 Å². The maximum Gasteiger partial charge on any atom is 0.292 e. The van der Waals surface area contributed by atoms with Crippen LogP contribution in [-0.2, 0) is 5.75 Å². The number of piperazine rings is 1. The zero-order valence-corrected chi connectivity index (χ0v) is 18.7. The number of carbonyl (C=O) groups is 1. The summed E-state index contributed by atoms with van der Waals surface area (Å²) in [6, 6.07) is 14.4. The Morgan fingerprint density at radius 2 is 1.84 bits per heavy atom. The number of aromatic nitrogens is 1. The minimum Gasteiger partial charge on any atom is -0.362 e. The fraction of sp³-hybridized carbons (Fsp3) is 0.273. The Bertz CT molecular complexity index is 1080. The minimum atomic E-state index is -0.359. The molecule has 31 heavy (non-hydrogen) atoms. The maximum absolute atomic E-state index is 12.9. The van der Waals surface area contributed by atoms with Gasteiger partial charge in [-0.05, 0) is 37.3 Å². The summed E-state index contributed by atoms with van der Waals surface area (Å²) >= 11 is 3.35. The van der Waals surface area contributed by atoms with E-state index < -0.39 is 0 Å². The van der Waals surface area contributed by atoms with E-state index in [9.17, 15) is 14.9 Å². The molecule has 1 fully saturated rings. The lowest BCUT2D eigenvalue weighted by molar-refractivity contribution is -0.384. The van der Waals surface area contributed by atoms with Gasteiger partial charge in [0.1, 0.15) is 5.69 Å². The minimum absolute atomic E-state index is 0.00566. The highest BCUT2D eigenvalue weighted by Crippen LogP contribution is 2.29. The molecule has 1 saturated heterocycles. The van der Waals surface area contributed by atoms with Crippen LogP contribution in [0.2, 0.25) is 0 Å². The molecule has 160 valence electrons. The van der Waals surface area contributed by atoms with Crippen molar-refractivity contribution in [3.05, 3.63) is 80.3 Å². The zero-order chi connectivity index (χ0) is 21.8. The summed E-state index contributed by atoms with van der Waals surface area (Å²) in [5.74, 6) is 0.805. The monoisotopic (exact) mass is 454 g/mol. The van der Waals surface area contributed by atoms with Gasteiger partial charge in [0.05, 0.1) is 15.6 Å². The number of thioether (sulfide) groups is 1. The van der Waals surface area contributed by atoms with Gasteiger partial charge in [0.25, 0.3) is 11.6 Å². The summed E-state index contributed by atoms with van der Waals surface area (Å²) in [4.78, 5) is 33.2. The van der Waals surface area contributed by atoms with E-state index in [4.69, 9.17) is 0 Å². The van der Waals surface area contributed by atoms with Gasteiger partial charge in [0, 0.05) is 53.8 Å². The molecule has 0 unspecified atom stereocenters. The van der Waals surface area contributed by atoms with Crippen LogP contribution in [0.1, 0.15) is 21.1 Å². The van der Waals surface area contributed by atoms with Crippen LogP contribution in [0.5, 0.6) is 0 Å². The first-order valence-corrected chi connectivity index (χ1v) is 11.8. The Balaban J connectivity index is 1.34. The van der Waals surface area contributed by atoms with Crippen LogP contribution in [0.15, 0.2) is 58.8 Å². The quantitative estimate of drug-likeness (QED) is 0.307. The van der Waals surface area contributed by atoms with Crippen molar-refractivity contribution < 1.29 is 9.72 Å². The maximum atomic E-state index is 12.9. The highest BCUT2D eigenvalue weighted by atomic mass is 32.2. The predicted octanol–water partition coefficient (Wildman–Crippen LogP) is 4.61. The van der Waals surface area contributed by atoms with Crippen LogP contribution in [-0.4, -0.2) is 46.9 Å². The number of hydrogen-bond donors (Lipinski definition) is 0. The Labute approximate surface area is 188 Å². The molecule has 4 rings (SSSR count). The second kappa shape index (κ2) is 9.49. The molecule has 0 radical (unpaired) electrons. The van der Waals surface area contributed by atoms with Crippen molar-refractivity contribution in [3.8, 4) is 0 Å². The summed E-state index contributed by atoms with van der Waals surface area (Å²) in [5.41, 5.74) is 2.44. The van der Waals surface area contributed by atoms with E-state index >= 15 is 0 Å². The summed E-state index contributed by atoms with van der Waals surface area (Å²) < 4.78 is 0. The Hall–Kier alpha value is -2.91. The molecule has 1 aliphatic rings. The second-order valence-electron chi connectivity index (χ2n) is 7.20. The van der Waals surface area contributed by atoms with Crippen molar-refractivity contribution in [3.63, 3.8) is 0 Å². The third kappa shape index (κ3) is 5.05. The first-order chi connectivity index (χ1) is 15.0. The number of para-hydroxylation sites is 2. The fourth-order valence-electron chi connectivity index (χ4n) is 3.54. The van der Waals surface area contributed by atoms with Gasteiger partial charge in [-0.2, -0.15) is 0 Å². The number of nitro groups is 1. The van der Waals surface area contributed by atoms with Crippen molar-refractivity contribution >= 4 is 40.4 Å². The number of rotatable bonds is 6. The van der Waals surface area contributed by atoms with E-state index in [0.29, 0.717) is 37.4 Å². The lowest BCUT2D eigenvalue weighted by Crippen LogP contribution is -2.48. The first-order valence-electron chi connectivity index (χ1n) is 9.93. The van der Waals surface area contributed by atoms with Gasteiger partial charge in [-0.1, -0.05) is 12.1 Å². The van der Waals surface area contributed by atoms with Gasteiger partial charge in [-0.3, -0.25) is 14.9 Å². The average molecular weight is 455 g/mol. The standard InChI is InChI=1S/C22H22N4O3S2/c1-16-23-18(14-30-16)15-31-19-8-6-17(7-9-19)22(27)25-12-10-24(11-13-25)20-4-2-3-5-21(20)26(28)29/h2-9,14H,10-13,15H2,1H3. The van der Waals surface area contributed by atoms with Crippen molar-refractivity contribution in [1.82, 2.24) is 9.88 Å². The van der Waals surface area contributed by atoms with Crippen molar-refractivity contribution in [2.75, 3.05) is 31.1 Å². The largest absolute Gasteiger partial charge is 0.362 e. The molecule has 0 aliphatic carbocycles. The molecule has 1 amide bonds. The van der Waals surface area contributed by atoms with Gasteiger partial charge >= 0.3 is 0 Å². The molecule has 1 aromatic heterocycles. The van der Waals surface area contributed by atoms with E-state index in [1.54, 1.807) is 41.3 Å². The Kier molecular flexibility index (Phi) is 6.53. The van der Waals surface area contributed by atoms with Crippen LogP contribution in [0.4, 0.5) is 11.4 Å². The molecule has 0 spiro atoms. The van der Waals surface area contributed by atoms with Gasteiger partial charge in [0.2, 0.25) is 0 Å². The number of thiazole rings is 1. The lowest BCUT2D eigenvalue weighted by atomic mass is 10.1. The van der Waals surface area contributed by atoms with E-state index in [-0.39, 0.29) is 16.5 Å². The van der Waals surface area contributed by atoms with Gasteiger partial charge in [-0.15, -0.1) is 23.1 Å². The van der Waals surface area contributed by atoms with Crippen molar-refractivity contribution in [1.29, 1.82) is 0 Å². The highest BCUT2D eigenvalue weighted by molar-refractivity contribution is 7.98. The molecule has 3 aromatic rings. The SMILES string of the molecule is Cc1nc(CSc2ccc(C(=O)N3CCN(c4ccccc4[N+](=O)[O-])CC3)cc2)cs1. The van der Waals surface area contributed by atoms with Gasteiger partial charge < -0.3 is 9.80 Å². The molecule has 0 atom stereocenters. The number of hydrogen-bond acceptors (Lipinski definition) is 7. The third-order valence-corrected chi connectivity index (χ3v) is 7.01. The number of amides is 1. The third-order valence-electron chi connectivity index (χ3n) is 5.14. The molecule has 0 saturated carbocycles. The van der Waals surface area contributed by atoms with Crippen LogP contribution in [0.3, 0.4) is 0 Å². The molecule has 7 nitrogen and oxygen atoms in total. The van der Waals surface area contributed by atoms with Gasteiger partial charge in [0.15, 0.2) is 0 Å². The summed E-state index contributed by atoms with van der Waals surface area (Å²) in [5, 5.41) is 14.4. The van der Waals surface area contributed by atoms with E-state index in [2.05, 4.69) is 10.4 Å². The number of aryl methyl sites for hydroxylation is 1. The van der Waals surface area contributed by atoms with Crippen molar-refractivity contribution in [2.24, 2.45) is 0 Å². The second-order valence-corrected chi connectivity index (χ2v) is 9.31. The van der Waals surface area contributed by atoms with Crippen LogP contribution >= 0.6 is 23.1 Å². The number of carbonyl (C=O) groups excluding carboxylic acids is 1. The highest BCUT2D eigenvalue weighted by Gasteiger charge is 2.26. The first kappa shape index (κ1) is 21.3. The zero-order valence-electron chi connectivity index (χ0n) is 17.1. The van der Waals surface area contributed by atoms with Crippen LogP contribution in [0.25, 0.3) is 0 Å². The molecular formula is C22H22N4O3S2. The smallest absolute Gasteiger partial charge is 0.292 e. The van der Waals surface area contributed by atoms with Crippen LogP contribution in [0, 0.1) is 17.0 Å². The topological polar surface area (TPSA) is 79.6 Å². The number of nitro benzene ring substituents is 1. The Morgan fingerprint density at radius 1 is 1.13 bits per heavy atom. The van der Waals surface area contributed by atoms with Crippen molar-refractivity contribution in [2.45, 2.75) is 17.6 Å². The van der Waals surface area contributed by atoms with E-state index in [1.807, 2.05) is 41.0 Å². The summed E-state index contributed by atoms with van der Waals surface area (Å²) in [6.07, 6.45) is 0.